The van der Waals surface area contributed by atoms with Gasteiger partial charge in [-0.15, -0.1) is 0 Å². The Morgan fingerprint density at radius 1 is 1.04 bits per heavy atom. The Kier molecular flexibility index (Phi) is 6.11. The molecule has 0 atom stereocenters. The van der Waals surface area contributed by atoms with Crippen molar-refractivity contribution in [3.8, 4) is 0 Å². The number of amides is 2. The number of ether oxygens (including phenoxy) is 1. The van der Waals surface area contributed by atoms with Crippen LogP contribution in [0.15, 0.2) is 48.5 Å². The molecule has 1 aliphatic heterocycles. The third kappa shape index (κ3) is 4.47. The van der Waals surface area contributed by atoms with Crippen molar-refractivity contribution in [2.24, 2.45) is 11.1 Å². The van der Waals surface area contributed by atoms with Crippen molar-refractivity contribution in [1.29, 1.82) is 0 Å². The molecule has 1 heterocycles. The first-order chi connectivity index (χ1) is 13.0. The molecule has 27 heavy (non-hydrogen) atoms. The van der Waals surface area contributed by atoms with E-state index in [1.54, 1.807) is 30.3 Å². The van der Waals surface area contributed by atoms with Gasteiger partial charge in [0.05, 0.1) is 16.0 Å². The lowest BCUT2D eigenvalue weighted by atomic mass is 9.79. The van der Waals surface area contributed by atoms with E-state index in [9.17, 15) is 9.59 Å². The molecule has 0 spiro atoms. The zero-order valence-corrected chi connectivity index (χ0v) is 15.6. The van der Waals surface area contributed by atoms with E-state index in [0.717, 1.165) is 0 Å². The number of carbonyl (C=O) groups is 2. The van der Waals surface area contributed by atoms with E-state index in [1.807, 2.05) is 18.2 Å². The average molecular weight is 388 g/mol. The minimum absolute atomic E-state index is 0.162. The van der Waals surface area contributed by atoms with Gasteiger partial charge in [-0.05, 0) is 43.2 Å². The van der Waals surface area contributed by atoms with Crippen molar-refractivity contribution in [3.63, 3.8) is 0 Å². The van der Waals surface area contributed by atoms with E-state index in [1.165, 1.54) is 0 Å². The fourth-order valence-electron chi connectivity index (χ4n) is 3.05. The number of hydrogen-bond acceptors (Lipinski definition) is 4. The van der Waals surface area contributed by atoms with Crippen LogP contribution in [0.1, 0.15) is 23.2 Å². The Balaban J connectivity index is 1.76. The number of nitrogens with two attached hydrogens (primary N) is 1. The first-order valence-electron chi connectivity index (χ1n) is 8.79. The van der Waals surface area contributed by atoms with Crippen LogP contribution in [-0.2, 0) is 9.53 Å². The van der Waals surface area contributed by atoms with Crippen molar-refractivity contribution in [2.45, 2.75) is 12.8 Å². The highest BCUT2D eigenvalue weighted by molar-refractivity contribution is 6.34. The van der Waals surface area contributed by atoms with Gasteiger partial charge in [0.25, 0.3) is 5.91 Å². The van der Waals surface area contributed by atoms with Gasteiger partial charge in [0, 0.05) is 31.1 Å². The summed E-state index contributed by atoms with van der Waals surface area (Å²) in [6.45, 7) is 1.27. The number of rotatable bonds is 5. The Hall–Kier alpha value is -2.41. The number of anilines is 2. The van der Waals surface area contributed by atoms with Gasteiger partial charge >= 0.3 is 0 Å². The van der Waals surface area contributed by atoms with Crippen LogP contribution < -0.4 is 16.4 Å². The molecule has 2 amide bonds. The molecule has 1 aliphatic rings. The summed E-state index contributed by atoms with van der Waals surface area (Å²) < 4.78 is 5.34. The molecule has 0 bridgehead atoms. The topological polar surface area (TPSA) is 93.5 Å². The minimum Gasteiger partial charge on any atom is -0.381 e. The van der Waals surface area contributed by atoms with E-state index in [4.69, 9.17) is 22.1 Å². The standard InChI is InChI=1S/C20H22ClN3O3/c21-17-7-6-15(24-19(26)20(13-22)8-10-27-11-9-20)12-16(17)18(25)23-14-4-2-1-3-5-14/h1-7,12H,8-11,13,22H2,(H,23,25)(H,24,26). The van der Waals surface area contributed by atoms with Crippen molar-refractivity contribution in [3.05, 3.63) is 59.1 Å². The van der Waals surface area contributed by atoms with Crippen LogP contribution in [0.4, 0.5) is 11.4 Å². The number of halogens is 1. The zero-order chi connectivity index (χ0) is 19.3. The van der Waals surface area contributed by atoms with Crippen molar-refractivity contribution >= 4 is 34.8 Å². The molecule has 142 valence electrons. The Bertz CT molecular complexity index is 820. The molecule has 7 heteroatoms. The highest BCUT2D eigenvalue weighted by Gasteiger charge is 2.38. The predicted octanol–water partition coefficient (Wildman–Crippen LogP) is 3.29. The van der Waals surface area contributed by atoms with Gasteiger partial charge < -0.3 is 21.1 Å². The third-order valence-corrected chi connectivity index (χ3v) is 5.15. The van der Waals surface area contributed by atoms with Crippen LogP contribution >= 0.6 is 11.6 Å². The molecule has 1 saturated heterocycles. The van der Waals surface area contributed by atoms with Crippen LogP contribution in [0.3, 0.4) is 0 Å². The molecule has 0 saturated carbocycles. The van der Waals surface area contributed by atoms with Crippen LogP contribution in [0.25, 0.3) is 0 Å². The van der Waals surface area contributed by atoms with Crippen molar-refractivity contribution in [1.82, 2.24) is 0 Å². The maximum atomic E-state index is 12.8. The largest absolute Gasteiger partial charge is 0.381 e. The smallest absolute Gasteiger partial charge is 0.257 e. The number of carbonyl (C=O) groups excluding carboxylic acids is 2. The predicted molar refractivity (Wildman–Crippen MR) is 106 cm³/mol. The molecule has 0 aliphatic carbocycles. The van der Waals surface area contributed by atoms with Gasteiger partial charge in [-0.3, -0.25) is 9.59 Å². The van der Waals surface area contributed by atoms with Crippen molar-refractivity contribution < 1.29 is 14.3 Å². The van der Waals surface area contributed by atoms with Crippen molar-refractivity contribution in [2.75, 3.05) is 30.4 Å². The van der Waals surface area contributed by atoms with Crippen LogP contribution in [-0.4, -0.2) is 31.6 Å². The quantitative estimate of drug-likeness (QED) is 0.733. The van der Waals surface area contributed by atoms with Crippen LogP contribution in [0.5, 0.6) is 0 Å². The zero-order valence-electron chi connectivity index (χ0n) is 14.8. The SMILES string of the molecule is NCC1(C(=O)Nc2ccc(Cl)c(C(=O)Nc3ccccc3)c2)CCOCC1. The first kappa shape index (κ1) is 19.4. The van der Waals surface area contributed by atoms with Gasteiger partial charge in [0.1, 0.15) is 0 Å². The number of nitrogens with one attached hydrogen (secondary N) is 2. The summed E-state index contributed by atoms with van der Waals surface area (Å²) in [4.78, 5) is 25.3. The molecule has 0 unspecified atom stereocenters. The fraction of sp³-hybridized carbons (Fsp3) is 0.300. The lowest BCUT2D eigenvalue weighted by molar-refractivity contribution is -0.130. The lowest BCUT2D eigenvalue weighted by Gasteiger charge is -2.34. The van der Waals surface area contributed by atoms with Gasteiger partial charge in [-0.2, -0.15) is 0 Å². The van der Waals surface area contributed by atoms with E-state index in [-0.39, 0.29) is 23.9 Å². The van der Waals surface area contributed by atoms with Gasteiger partial charge in [-0.25, -0.2) is 0 Å². The number of para-hydroxylation sites is 1. The fourth-order valence-corrected chi connectivity index (χ4v) is 3.25. The maximum absolute atomic E-state index is 12.8. The first-order valence-corrected chi connectivity index (χ1v) is 9.17. The molecule has 6 nitrogen and oxygen atoms in total. The van der Waals surface area contributed by atoms with E-state index >= 15 is 0 Å². The van der Waals surface area contributed by atoms with Gasteiger partial charge in [-0.1, -0.05) is 29.8 Å². The van der Waals surface area contributed by atoms with Gasteiger partial charge in [0.15, 0.2) is 0 Å². The molecule has 2 aromatic carbocycles. The molecule has 1 fully saturated rings. The lowest BCUT2D eigenvalue weighted by Crippen LogP contribution is -2.46. The maximum Gasteiger partial charge on any atom is 0.257 e. The Labute approximate surface area is 163 Å². The Morgan fingerprint density at radius 2 is 1.74 bits per heavy atom. The minimum atomic E-state index is -0.648. The second kappa shape index (κ2) is 8.52. The molecule has 4 N–H and O–H groups in total. The summed E-state index contributed by atoms with van der Waals surface area (Å²) in [5, 5.41) is 5.97. The van der Waals surface area contributed by atoms with Gasteiger partial charge in [0.2, 0.25) is 5.91 Å². The summed E-state index contributed by atoms with van der Waals surface area (Å²) in [5.74, 6) is -0.507. The summed E-state index contributed by atoms with van der Waals surface area (Å²) in [6.07, 6.45) is 1.15. The molecular weight excluding hydrogens is 366 g/mol. The second-order valence-electron chi connectivity index (χ2n) is 6.57. The molecule has 3 rings (SSSR count). The molecule has 2 aromatic rings. The molecule has 0 aromatic heterocycles. The second-order valence-corrected chi connectivity index (χ2v) is 6.97. The summed E-state index contributed by atoms with van der Waals surface area (Å²) in [5.41, 5.74) is 6.68. The van der Waals surface area contributed by atoms with E-state index in [0.29, 0.717) is 42.5 Å². The number of benzene rings is 2. The monoisotopic (exact) mass is 387 g/mol. The summed E-state index contributed by atoms with van der Waals surface area (Å²) in [6, 6.07) is 13.9. The van der Waals surface area contributed by atoms with Crippen LogP contribution in [0.2, 0.25) is 5.02 Å². The van der Waals surface area contributed by atoms with Crippen LogP contribution in [0, 0.1) is 5.41 Å². The summed E-state index contributed by atoms with van der Waals surface area (Å²) >= 11 is 6.19. The molecular formula is C20H22ClN3O3. The normalized spacial score (nSPS) is 15.8. The highest BCUT2D eigenvalue weighted by Crippen LogP contribution is 2.31. The number of hydrogen-bond donors (Lipinski definition) is 3. The average Bonchev–Trinajstić information content (AvgIpc) is 2.70. The third-order valence-electron chi connectivity index (χ3n) is 4.82. The van der Waals surface area contributed by atoms with E-state index < -0.39 is 5.41 Å². The van der Waals surface area contributed by atoms with E-state index in [2.05, 4.69) is 10.6 Å². The highest BCUT2D eigenvalue weighted by atomic mass is 35.5. The molecule has 0 radical (unpaired) electrons. The Morgan fingerprint density at radius 3 is 2.41 bits per heavy atom. The summed E-state index contributed by atoms with van der Waals surface area (Å²) in [7, 11) is 0.